The van der Waals surface area contributed by atoms with Crippen LogP contribution in [0.4, 0.5) is 0 Å². The van der Waals surface area contributed by atoms with E-state index in [1.165, 1.54) is 0 Å². The predicted octanol–water partition coefficient (Wildman–Crippen LogP) is -0.167. The van der Waals surface area contributed by atoms with Crippen molar-refractivity contribution < 1.29 is 0 Å². The van der Waals surface area contributed by atoms with Gasteiger partial charge in [-0.2, -0.15) is 0 Å². The van der Waals surface area contributed by atoms with Crippen LogP contribution in [-0.2, 0) is 0 Å². The van der Waals surface area contributed by atoms with Crippen molar-refractivity contribution in [2.75, 3.05) is 39.8 Å². The molecule has 0 amide bonds. The number of aromatic nitrogens is 1. The fourth-order valence-electron chi connectivity index (χ4n) is 2.00. The number of likely N-dealkylation sites (N-methyl/N-ethyl adjacent to an activating group) is 1. The smallest absolute Gasteiger partial charge is 0.0602 e. The van der Waals surface area contributed by atoms with Crippen molar-refractivity contribution in [1.82, 2.24) is 20.3 Å². The molecule has 1 aromatic rings. The molecule has 0 radical (unpaired) electrons. The second kappa shape index (κ2) is 6.07. The summed E-state index contributed by atoms with van der Waals surface area (Å²) in [6, 6.07) is 4.17. The summed E-state index contributed by atoms with van der Waals surface area (Å²) in [5.41, 5.74) is 10.5. The van der Waals surface area contributed by atoms with Gasteiger partial charge in [0.2, 0.25) is 0 Å². The van der Waals surface area contributed by atoms with Crippen LogP contribution in [0, 0.1) is 0 Å². The van der Waals surface area contributed by atoms with Gasteiger partial charge in [-0.1, -0.05) is 6.07 Å². The highest BCUT2D eigenvalue weighted by molar-refractivity contribution is 5.13. The summed E-state index contributed by atoms with van der Waals surface area (Å²) in [5.74, 6) is 0. The maximum absolute atomic E-state index is 5.82. The Morgan fingerprint density at radius 3 is 2.76 bits per heavy atom. The fraction of sp³-hybridized carbons (Fsp3) is 0.583. The Bertz CT molecular complexity index is 321. The van der Waals surface area contributed by atoms with E-state index in [1.807, 2.05) is 12.3 Å². The number of rotatable bonds is 4. The summed E-state index contributed by atoms with van der Waals surface area (Å²) in [7, 11) is 2.15. The average molecular weight is 235 g/mol. The maximum atomic E-state index is 5.82. The molecular formula is C12H21N5. The van der Waals surface area contributed by atoms with E-state index in [1.54, 1.807) is 6.20 Å². The lowest BCUT2D eigenvalue weighted by atomic mass is 10.1. The average Bonchev–Trinajstić information content (AvgIpc) is 2.39. The van der Waals surface area contributed by atoms with Crippen LogP contribution in [0.2, 0.25) is 0 Å². The van der Waals surface area contributed by atoms with Crippen molar-refractivity contribution in [3.8, 4) is 0 Å². The number of hydrazine groups is 1. The summed E-state index contributed by atoms with van der Waals surface area (Å²) >= 11 is 0. The van der Waals surface area contributed by atoms with Crippen molar-refractivity contribution in [2.24, 2.45) is 5.73 Å². The van der Waals surface area contributed by atoms with Crippen molar-refractivity contribution in [2.45, 2.75) is 6.04 Å². The Labute approximate surface area is 103 Å². The minimum Gasteiger partial charge on any atom is -0.329 e. The highest BCUT2D eigenvalue weighted by atomic mass is 15.5. The van der Waals surface area contributed by atoms with Crippen molar-refractivity contribution in [3.63, 3.8) is 0 Å². The van der Waals surface area contributed by atoms with Crippen molar-refractivity contribution in [1.29, 1.82) is 0 Å². The number of hydrogen-bond acceptors (Lipinski definition) is 5. The molecule has 94 valence electrons. The van der Waals surface area contributed by atoms with Crippen LogP contribution >= 0.6 is 0 Å². The molecule has 17 heavy (non-hydrogen) atoms. The second-order valence-corrected chi connectivity index (χ2v) is 4.49. The summed E-state index contributed by atoms with van der Waals surface area (Å²) in [6.07, 6.45) is 3.66. The minimum absolute atomic E-state index is 0.159. The predicted molar refractivity (Wildman–Crippen MR) is 68.2 cm³/mol. The van der Waals surface area contributed by atoms with Crippen molar-refractivity contribution in [3.05, 3.63) is 30.1 Å². The molecule has 1 aromatic heterocycles. The van der Waals surface area contributed by atoms with Crippen LogP contribution in [0.25, 0.3) is 0 Å². The third-order valence-electron chi connectivity index (χ3n) is 3.16. The van der Waals surface area contributed by atoms with Gasteiger partial charge < -0.3 is 10.6 Å². The van der Waals surface area contributed by atoms with Gasteiger partial charge in [0, 0.05) is 45.1 Å². The van der Waals surface area contributed by atoms with E-state index in [2.05, 4.69) is 33.4 Å². The quantitative estimate of drug-likeness (QED) is 0.759. The first kappa shape index (κ1) is 12.4. The van der Waals surface area contributed by atoms with Gasteiger partial charge in [-0.25, -0.2) is 10.4 Å². The molecule has 3 N–H and O–H groups in total. The standard InChI is InChI=1S/C12H21N5/c1-16-5-7-17(8-6-16)15-12(9-13)11-3-2-4-14-10-11/h2-4,10,12,15H,5-9,13H2,1H3. The summed E-state index contributed by atoms with van der Waals surface area (Å²) in [6.45, 7) is 4.84. The van der Waals surface area contributed by atoms with E-state index in [4.69, 9.17) is 5.73 Å². The number of nitrogens with two attached hydrogens (primary N) is 1. The molecule has 5 nitrogen and oxygen atoms in total. The third-order valence-corrected chi connectivity index (χ3v) is 3.16. The zero-order valence-corrected chi connectivity index (χ0v) is 10.3. The molecule has 1 aliphatic heterocycles. The van der Waals surface area contributed by atoms with E-state index >= 15 is 0 Å². The Hall–Kier alpha value is -1.01. The molecule has 0 spiro atoms. The molecule has 0 aliphatic carbocycles. The molecule has 1 unspecified atom stereocenters. The van der Waals surface area contributed by atoms with Crippen LogP contribution < -0.4 is 11.2 Å². The lowest BCUT2D eigenvalue weighted by Gasteiger charge is -2.35. The molecule has 5 heteroatoms. The van der Waals surface area contributed by atoms with E-state index in [9.17, 15) is 0 Å². The fourth-order valence-corrected chi connectivity index (χ4v) is 2.00. The van der Waals surface area contributed by atoms with Gasteiger partial charge in [-0.05, 0) is 18.7 Å². The number of nitrogens with one attached hydrogen (secondary N) is 1. The maximum Gasteiger partial charge on any atom is 0.0602 e. The minimum atomic E-state index is 0.159. The third kappa shape index (κ3) is 3.47. The van der Waals surface area contributed by atoms with Crippen molar-refractivity contribution >= 4 is 0 Å². The Morgan fingerprint density at radius 1 is 1.41 bits per heavy atom. The SMILES string of the molecule is CN1CCN(NC(CN)c2cccnc2)CC1. The molecule has 0 aromatic carbocycles. The summed E-state index contributed by atoms with van der Waals surface area (Å²) in [5, 5.41) is 2.25. The molecule has 0 saturated carbocycles. The summed E-state index contributed by atoms with van der Waals surface area (Å²) in [4.78, 5) is 6.47. The Balaban J connectivity index is 1.92. The zero-order chi connectivity index (χ0) is 12.1. The first-order valence-electron chi connectivity index (χ1n) is 6.09. The number of nitrogens with zero attached hydrogens (tertiary/aromatic N) is 3. The first-order chi connectivity index (χ1) is 8.29. The highest BCUT2D eigenvalue weighted by Crippen LogP contribution is 2.11. The van der Waals surface area contributed by atoms with E-state index in [0.717, 1.165) is 31.7 Å². The van der Waals surface area contributed by atoms with Gasteiger partial charge in [0.05, 0.1) is 6.04 Å². The van der Waals surface area contributed by atoms with Crippen LogP contribution in [-0.4, -0.2) is 54.7 Å². The molecule has 1 atom stereocenters. The first-order valence-corrected chi connectivity index (χ1v) is 6.09. The lowest BCUT2D eigenvalue weighted by Crippen LogP contribution is -2.52. The molecule has 1 aliphatic rings. The van der Waals surface area contributed by atoms with Gasteiger partial charge in [0.25, 0.3) is 0 Å². The van der Waals surface area contributed by atoms with Crippen LogP contribution in [0.1, 0.15) is 11.6 Å². The second-order valence-electron chi connectivity index (χ2n) is 4.49. The molecular weight excluding hydrogens is 214 g/mol. The van der Waals surface area contributed by atoms with Gasteiger partial charge in [0.15, 0.2) is 0 Å². The molecule has 0 bridgehead atoms. The Kier molecular flexibility index (Phi) is 4.44. The van der Waals surface area contributed by atoms with E-state index < -0.39 is 0 Å². The lowest BCUT2D eigenvalue weighted by molar-refractivity contribution is 0.0879. The normalized spacial score (nSPS) is 20.4. The van der Waals surface area contributed by atoms with Crippen LogP contribution in [0.5, 0.6) is 0 Å². The van der Waals surface area contributed by atoms with Gasteiger partial charge >= 0.3 is 0 Å². The molecule has 1 saturated heterocycles. The number of piperazine rings is 1. The Morgan fingerprint density at radius 2 is 2.18 bits per heavy atom. The van der Waals surface area contributed by atoms with E-state index in [0.29, 0.717) is 6.54 Å². The molecule has 2 heterocycles. The van der Waals surface area contributed by atoms with Gasteiger partial charge in [0.1, 0.15) is 0 Å². The zero-order valence-electron chi connectivity index (χ0n) is 10.3. The van der Waals surface area contributed by atoms with E-state index in [-0.39, 0.29) is 6.04 Å². The molecule has 1 fully saturated rings. The van der Waals surface area contributed by atoms with Crippen LogP contribution in [0.15, 0.2) is 24.5 Å². The summed E-state index contributed by atoms with van der Waals surface area (Å²) < 4.78 is 0. The monoisotopic (exact) mass is 235 g/mol. The topological polar surface area (TPSA) is 57.4 Å². The van der Waals surface area contributed by atoms with Gasteiger partial charge in [-0.15, -0.1) is 0 Å². The van der Waals surface area contributed by atoms with Gasteiger partial charge in [-0.3, -0.25) is 4.98 Å². The molecule has 2 rings (SSSR count). The largest absolute Gasteiger partial charge is 0.329 e. The van der Waals surface area contributed by atoms with Crippen LogP contribution in [0.3, 0.4) is 0 Å². The number of hydrogen-bond donors (Lipinski definition) is 2. The number of pyridine rings is 1. The highest BCUT2D eigenvalue weighted by Gasteiger charge is 2.17.